The van der Waals surface area contributed by atoms with Gasteiger partial charge >= 0.3 is 0 Å². The molecule has 1 rings (SSSR count). The third-order valence-electron chi connectivity index (χ3n) is 2.91. The largest absolute Gasteiger partial charge is 0.466 e. The molecule has 0 aliphatic heterocycles. The standard InChI is InChI=1S/C13H21NO3S/c1-10(9-18(4)16)14(3)13(15)8-7-12-6-5-11(2)17-12/h5-6,10H,7-9H2,1-4H3/t10-,18+/m1/s1. The first-order chi connectivity index (χ1) is 8.40. The van der Waals surface area contributed by atoms with E-state index in [2.05, 4.69) is 0 Å². The Hall–Kier alpha value is -1.10. The second-order valence-electron chi connectivity index (χ2n) is 4.61. The summed E-state index contributed by atoms with van der Waals surface area (Å²) < 4.78 is 16.5. The summed E-state index contributed by atoms with van der Waals surface area (Å²) in [5.74, 6) is 2.27. The Labute approximate surface area is 111 Å². The molecule has 0 aliphatic rings. The van der Waals surface area contributed by atoms with Crippen molar-refractivity contribution in [1.82, 2.24) is 4.90 Å². The van der Waals surface area contributed by atoms with Crippen molar-refractivity contribution in [2.75, 3.05) is 19.1 Å². The highest BCUT2D eigenvalue weighted by Gasteiger charge is 2.17. The zero-order valence-electron chi connectivity index (χ0n) is 11.4. The molecule has 0 fully saturated rings. The summed E-state index contributed by atoms with van der Waals surface area (Å²) >= 11 is 0. The van der Waals surface area contributed by atoms with Crippen molar-refractivity contribution in [2.45, 2.75) is 32.7 Å². The monoisotopic (exact) mass is 271 g/mol. The van der Waals surface area contributed by atoms with Crippen molar-refractivity contribution in [2.24, 2.45) is 0 Å². The Kier molecular flexibility index (Phi) is 5.59. The molecule has 0 bridgehead atoms. The van der Waals surface area contributed by atoms with Crippen LogP contribution in [0, 0.1) is 6.92 Å². The van der Waals surface area contributed by atoms with Crippen molar-refractivity contribution in [3.8, 4) is 0 Å². The Balaban J connectivity index is 2.42. The quantitative estimate of drug-likeness (QED) is 0.792. The number of rotatable bonds is 6. The van der Waals surface area contributed by atoms with E-state index < -0.39 is 10.8 Å². The van der Waals surface area contributed by atoms with E-state index in [1.165, 1.54) is 0 Å². The first kappa shape index (κ1) is 15.0. The molecule has 0 unspecified atom stereocenters. The minimum Gasteiger partial charge on any atom is -0.466 e. The number of aryl methyl sites for hydroxylation is 2. The first-order valence-corrected chi connectivity index (χ1v) is 7.74. The predicted molar refractivity (Wildman–Crippen MR) is 72.9 cm³/mol. The highest BCUT2D eigenvalue weighted by atomic mass is 32.2. The smallest absolute Gasteiger partial charge is 0.223 e. The van der Waals surface area contributed by atoms with Crippen LogP contribution in [0.5, 0.6) is 0 Å². The van der Waals surface area contributed by atoms with E-state index in [9.17, 15) is 9.00 Å². The zero-order valence-corrected chi connectivity index (χ0v) is 12.3. The van der Waals surface area contributed by atoms with E-state index in [1.807, 2.05) is 26.0 Å². The van der Waals surface area contributed by atoms with Gasteiger partial charge in [-0.1, -0.05) is 0 Å². The fraction of sp³-hybridized carbons (Fsp3) is 0.615. The van der Waals surface area contributed by atoms with Crippen LogP contribution in [-0.2, 0) is 22.0 Å². The molecule has 1 heterocycles. The van der Waals surface area contributed by atoms with Gasteiger partial charge in [-0.3, -0.25) is 9.00 Å². The number of amides is 1. The Bertz CT molecular complexity index is 428. The van der Waals surface area contributed by atoms with Gasteiger partial charge in [-0.05, 0) is 26.0 Å². The van der Waals surface area contributed by atoms with Crippen LogP contribution in [0.1, 0.15) is 24.9 Å². The Morgan fingerprint density at radius 1 is 1.50 bits per heavy atom. The average Bonchev–Trinajstić information content (AvgIpc) is 2.70. The molecule has 0 N–H and O–H groups in total. The average molecular weight is 271 g/mol. The van der Waals surface area contributed by atoms with E-state index in [0.717, 1.165) is 11.5 Å². The van der Waals surface area contributed by atoms with Crippen molar-refractivity contribution >= 4 is 16.7 Å². The number of furan rings is 1. The van der Waals surface area contributed by atoms with E-state index >= 15 is 0 Å². The normalized spacial score (nSPS) is 14.2. The summed E-state index contributed by atoms with van der Waals surface area (Å²) in [4.78, 5) is 13.6. The molecule has 2 atom stereocenters. The molecule has 0 spiro atoms. The molecular weight excluding hydrogens is 250 g/mol. The third kappa shape index (κ3) is 4.64. The van der Waals surface area contributed by atoms with Crippen LogP contribution in [0.15, 0.2) is 16.5 Å². The lowest BCUT2D eigenvalue weighted by atomic mass is 10.2. The van der Waals surface area contributed by atoms with E-state index in [-0.39, 0.29) is 11.9 Å². The van der Waals surface area contributed by atoms with E-state index in [4.69, 9.17) is 4.42 Å². The van der Waals surface area contributed by atoms with Crippen molar-refractivity contribution in [3.63, 3.8) is 0 Å². The minimum atomic E-state index is -0.882. The molecule has 1 aromatic rings. The van der Waals surface area contributed by atoms with Gasteiger partial charge < -0.3 is 9.32 Å². The molecule has 0 aliphatic carbocycles. The topological polar surface area (TPSA) is 50.5 Å². The van der Waals surface area contributed by atoms with Crippen LogP contribution in [0.3, 0.4) is 0 Å². The second-order valence-corrected chi connectivity index (χ2v) is 6.09. The molecule has 1 aromatic heterocycles. The third-order valence-corrected chi connectivity index (χ3v) is 3.86. The maximum Gasteiger partial charge on any atom is 0.223 e. The maximum absolute atomic E-state index is 11.9. The van der Waals surface area contributed by atoms with Gasteiger partial charge in [0.2, 0.25) is 5.91 Å². The highest BCUT2D eigenvalue weighted by molar-refractivity contribution is 7.84. The predicted octanol–water partition coefficient (Wildman–Crippen LogP) is 1.75. The van der Waals surface area contributed by atoms with Gasteiger partial charge in [0.1, 0.15) is 11.5 Å². The lowest BCUT2D eigenvalue weighted by Crippen LogP contribution is -2.38. The van der Waals surface area contributed by atoms with Crippen LogP contribution in [0.4, 0.5) is 0 Å². The van der Waals surface area contributed by atoms with Gasteiger partial charge in [0.15, 0.2) is 0 Å². The van der Waals surface area contributed by atoms with Crippen LogP contribution < -0.4 is 0 Å². The Morgan fingerprint density at radius 3 is 2.67 bits per heavy atom. The van der Waals surface area contributed by atoms with Crippen LogP contribution in [0.2, 0.25) is 0 Å². The number of hydrogen-bond acceptors (Lipinski definition) is 3. The van der Waals surface area contributed by atoms with Crippen LogP contribution in [0.25, 0.3) is 0 Å². The van der Waals surface area contributed by atoms with Gasteiger partial charge in [-0.2, -0.15) is 0 Å². The SMILES string of the molecule is Cc1ccc(CCC(=O)N(C)[C@H](C)C[S@](C)=O)o1. The summed E-state index contributed by atoms with van der Waals surface area (Å²) in [6, 6.07) is 3.79. The summed E-state index contributed by atoms with van der Waals surface area (Å²) in [6.07, 6.45) is 2.68. The lowest BCUT2D eigenvalue weighted by molar-refractivity contribution is -0.131. The van der Waals surface area contributed by atoms with Gasteiger partial charge in [-0.15, -0.1) is 0 Å². The first-order valence-electron chi connectivity index (χ1n) is 6.01. The maximum atomic E-state index is 11.9. The highest BCUT2D eigenvalue weighted by Crippen LogP contribution is 2.10. The van der Waals surface area contributed by atoms with Gasteiger partial charge in [-0.25, -0.2) is 0 Å². The van der Waals surface area contributed by atoms with Crippen LogP contribution in [-0.4, -0.2) is 40.1 Å². The molecule has 5 heteroatoms. The number of carbonyl (C=O) groups excluding carboxylic acids is 1. The molecule has 0 radical (unpaired) electrons. The van der Waals surface area contributed by atoms with Crippen LogP contribution >= 0.6 is 0 Å². The molecule has 4 nitrogen and oxygen atoms in total. The van der Waals surface area contributed by atoms with Crippen molar-refractivity contribution in [3.05, 3.63) is 23.7 Å². The van der Waals surface area contributed by atoms with E-state index in [1.54, 1.807) is 18.2 Å². The Morgan fingerprint density at radius 2 is 2.17 bits per heavy atom. The van der Waals surface area contributed by atoms with E-state index in [0.29, 0.717) is 18.6 Å². The number of hydrogen-bond donors (Lipinski definition) is 0. The summed E-state index contributed by atoms with van der Waals surface area (Å²) in [6.45, 7) is 3.80. The molecule has 102 valence electrons. The second kappa shape index (κ2) is 6.73. The molecule has 0 aromatic carbocycles. The minimum absolute atomic E-state index is 0.00155. The lowest BCUT2D eigenvalue weighted by Gasteiger charge is -2.24. The van der Waals surface area contributed by atoms with Gasteiger partial charge in [0.25, 0.3) is 0 Å². The summed E-state index contributed by atoms with van der Waals surface area (Å²) in [5.41, 5.74) is 0. The van der Waals surface area contributed by atoms with Crippen molar-refractivity contribution < 1.29 is 13.4 Å². The fourth-order valence-corrected chi connectivity index (χ4v) is 2.63. The number of carbonyl (C=O) groups is 1. The molecule has 0 saturated carbocycles. The molecule has 18 heavy (non-hydrogen) atoms. The van der Waals surface area contributed by atoms with Crippen molar-refractivity contribution in [1.29, 1.82) is 0 Å². The molecule has 1 amide bonds. The summed E-state index contributed by atoms with van der Waals surface area (Å²) in [7, 11) is 0.875. The summed E-state index contributed by atoms with van der Waals surface area (Å²) in [5, 5.41) is 0. The fourth-order valence-electron chi connectivity index (χ4n) is 1.72. The van der Waals surface area contributed by atoms with Gasteiger partial charge in [0.05, 0.1) is 0 Å². The number of nitrogens with zero attached hydrogens (tertiary/aromatic N) is 1. The molecule has 0 saturated heterocycles. The molecular formula is C13H21NO3S. The van der Waals surface area contributed by atoms with Gasteiger partial charge in [0, 0.05) is 48.7 Å². The zero-order chi connectivity index (χ0) is 13.7.